The van der Waals surface area contributed by atoms with Crippen molar-refractivity contribution in [3.63, 3.8) is 0 Å². The van der Waals surface area contributed by atoms with Crippen molar-refractivity contribution in [2.45, 2.75) is 9.79 Å². The van der Waals surface area contributed by atoms with Gasteiger partial charge in [0.25, 0.3) is 0 Å². The van der Waals surface area contributed by atoms with Gasteiger partial charge in [-0.3, -0.25) is 0 Å². The first-order valence-corrected chi connectivity index (χ1v) is 18.4. The van der Waals surface area contributed by atoms with E-state index in [9.17, 15) is 0 Å². The minimum atomic E-state index is 0.741. The van der Waals surface area contributed by atoms with Crippen LogP contribution < -0.4 is 4.90 Å². The summed E-state index contributed by atoms with van der Waals surface area (Å²) >= 11 is 8.80. The first-order valence-electron chi connectivity index (χ1n) is 17.2. The van der Waals surface area contributed by atoms with Gasteiger partial charge >= 0.3 is 0 Å². The molecule has 10 rings (SSSR count). The zero-order valence-electron chi connectivity index (χ0n) is 27.6. The lowest BCUT2D eigenvalue weighted by Crippen LogP contribution is -2.16. The zero-order valence-corrected chi connectivity index (χ0v) is 29.1. The molecular formula is C48H30ClNS. The van der Waals surface area contributed by atoms with Gasteiger partial charge in [-0.1, -0.05) is 157 Å². The van der Waals surface area contributed by atoms with Gasteiger partial charge in [-0.15, -0.1) is 0 Å². The van der Waals surface area contributed by atoms with Gasteiger partial charge in [0.05, 0.1) is 22.1 Å². The van der Waals surface area contributed by atoms with Crippen molar-refractivity contribution in [1.29, 1.82) is 0 Å². The standard InChI is InChI=1S/C48H30ClNS/c49-43-20-10-22-47-48(43)50(44-21-9-15-31-13-4-7-19-39(31)44)45-30-36(24-26-46(45)51-47)34-17-8-16-33(27-34)35-23-25-40-41(32-11-2-1-3-12-32)29-37-14-5-6-18-38(37)42(40)28-35/h1-30H. The van der Waals surface area contributed by atoms with Gasteiger partial charge in [0.15, 0.2) is 0 Å². The van der Waals surface area contributed by atoms with Gasteiger partial charge < -0.3 is 4.90 Å². The molecule has 0 atom stereocenters. The van der Waals surface area contributed by atoms with Gasteiger partial charge in [-0.25, -0.2) is 0 Å². The Hall–Kier alpha value is -5.80. The number of anilines is 3. The Kier molecular flexibility index (Phi) is 7.20. The molecule has 0 spiro atoms. The monoisotopic (exact) mass is 687 g/mol. The molecule has 0 aromatic heterocycles. The largest absolute Gasteiger partial charge is 0.306 e. The van der Waals surface area contributed by atoms with Gasteiger partial charge in [0, 0.05) is 15.2 Å². The predicted molar refractivity (Wildman–Crippen MR) is 219 cm³/mol. The van der Waals surface area contributed by atoms with Crippen LogP contribution >= 0.6 is 23.4 Å². The Morgan fingerprint density at radius 3 is 1.88 bits per heavy atom. The van der Waals surface area contributed by atoms with E-state index in [4.69, 9.17) is 11.6 Å². The van der Waals surface area contributed by atoms with Crippen molar-refractivity contribution < 1.29 is 0 Å². The molecule has 1 aliphatic heterocycles. The van der Waals surface area contributed by atoms with E-state index in [0.717, 1.165) is 32.5 Å². The minimum absolute atomic E-state index is 0.741. The van der Waals surface area contributed by atoms with Crippen LogP contribution in [0.3, 0.4) is 0 Å². The maximum atomic E-state index is 7.02. The summed E-state index contributed by atoms with van der Waals surface area (Å²) < 4.78 is 0. The number of benzene rings is 9. The summed E-state index contributed by atoms with van der Waals surface area (Å²) in [5.41, 5.74) is 10.5. The topological polar surface area (TPSA) is 3.24 Å². The van der Waals surface area contributed by atoms with Crippen LogP contribution in [0.4, 0.5) is 17.1 Å². The highest BCUT2D eigenvalue weighted by Crippen LogP contribution is 2.55. The van der Waals surface area contributed by atoms with Crippen LogP contribution in [0.5, 0.6) is 0 Å². The highest BCUT2D eigenvalue weighted by Gasteiger charge is 2.28. The second-order valence-electron chi connectivity index (χ2n) is 13.1. The molecule has 1 aliphatic rings. The zero-order chi connectivity index (χ0) is 33.9. The van der Waals surface area contributed by atoms with Crippen LogP contribution in [0.1, 0.15) is 0 Å². The molecule has 3 heteroatoms. The van der Waals surface area contributed by atoms with E-state index in [2.05, 4.69) is 175 Å². The average molecular weight is 688 g/mol. The lowest BCUT2D eigenvalue weighted by Gasteiger charge is -2.34. The number of para-hydroxylation sites is 1. The number of nitrogens with zero attached hydrogens (tertiary/aromatic N) is 1. The van der Waals surface area contributed by atoms with E-state index in [-0.39, 0.29) is 0 Å². The van der Waals surface area contributed by atoms with Crippen molar-refractivity contribution >= 4 is 72.7 Å². The third kappa shape index (κ3) is 5.10. The summed E-state index contributed by atoms with van der Waals surface area (Å²) in [7, 11) is 0. The van der Waals surface area contributed by atoms with E-state index in [0.29, 0.717) is 0 Å². The summed E-state index contributed by atoms with van der Waals surface area (Å²) in [6, 6.07) is 65.8. The van der Waals surface area contributed by atoms with Crippen LogP contribution in [0.15, 0.2) is 192 Å². The van der Waals surface area contributed by atoms with Crippen LogP contribution in [-0.4, -0.2) is 0 Å². The first-order chi connectivity index (χ1) is 25.2. The normalized spacial score (nSPS) is 12.3. The minimum Gasteiger partial charge on any atom is -0.306 e. The molecule has 1 heterocycles. The summed E-state index contributed by atoms with van der Waals surface area (Å²) in [5.74, 6) is 0. The van der Waals surface area contributed by atoms with E-state index < -0.39 is 0 Å². The Labute approximate surface area is 306 Å². The third-order valence-electron chi connectivity index (χ3n) is 10.1. The SMILES string of the molecule is Clc1cccc2c1N(c1cccc3ccccc13)c1cc(-c3cccc(-c4ccc5c(-c6ccccc6)cc6ccccc6c5c4)c3)ccc1S2. The molecule has 0 amide bonds. The molecule has 9 aromatic carbocycles. The molecule has 0 saturated carbocycles. The van der Waals surface area contributed by atoms with E-state index in [1.54, 1.807) is 11.8 Å². The van der Waals surface area contributed by atoms with E-state index in [1.807, 2.05) is 12.1 Å². The van der Waals surface area contributed by atoms with E-state index >= 15 is 0 Å². The molecule has 0 bridgehead atoms. The lowest BCUT2D eigenvalue weighted by atomic mass is 9.90. The summed E-state index contributed by atoms with van der Waals surface area (Å²) in [6.07, 6.45) is 0. The van der Waals surface area contributed by atoms with Crippen molar-refractivity contribution in [2.75, 3.05) is 4.90 Å². The molecule has 51 heavy (non-hydrogen) atoms. The Morgan fingerprint density at radius 1 is 0.373 bits per heavy atom. The van der Waals surface area contributed by atoms with Crippen molar-refractivity contribution in [3.8, 4) is 33.4 Å². The highest BCUT2D eigenvalue weighted by atomic mass is 35.5. The quantitative estimate of drug-likeness (QED) is 0.169. The number of rotatable bonds is 4. The second kappa shape index (κ2) is 12.2. The molecule has 0 saturated heterocycles. The molecule has 0 radical (unpaired) electrons. The maximum Gasteiger partial charge on any atom is 0.0788 e. The summed E-state index contributed by atoms with van der Waals surface area (Å²) in [6.45, 7) is 0. The van der Waals surface area contributed by atoms with Crippen LogP contribution in [0.2, 0.25) is 5.02 Å². The van der Waals surface area contributed by atoms with Crippen LogP contribution in [0.25, 0.3) is 65.7 Å². The number of hydrogen-bond donors (Lipinski definition) is 0. The average Bonchev–Trinajstić information content (AvgIpc) is 3.19. The molecule has 0 N–H and O–H groups in total. The Bertz CT molecular complexity index is 2800. The number of hydrogen-bond acceptors (Lipinski definition) is 2. The van der Waals surface area contributed by atoms with Gasteiger partial charge in [-0.05, 0) is 109 Å². The first kappa shape index (κ1) is 30.1. The van der Waals surface area contributed by atoms with Crippen molar-refractivity contribution in [1.82, 2.24) is 0 Å². The maximum absolute atomic E-state index is 7.02. The van der Waals surface area contributed by atoms with Gasteiger partial charge in [0.2, 0.25) is 0 Å². The third-order valence-corrected chi connectivity index (χ3v) is 11.5. The van der Waals surface area contributed by atoms with E-state index in [1.165, 1.54) is 65.0 Å². The fraction of sp³-hybridized carbons (Fsp3) is 0. The molecule has 0 unspecified atom stereocenters. The molecule has 9 aromatic rings. The highest BCUT2D eigenvalue weighted by molar-refractivity contribution is 7.99. The summed E-state index contributed by atoms with van der Waals surface area (Å²) in [4.78, 5) is 4.71. The fourth-order valence-electron chi connectivity index (χ4n) is 7.66. The van der Waals surface area contributed by atoms with Crippen molar-refractivity contribution in [2.24, 2.45) is 0 Å². The van der Waals surface area contributed by atoms with Crippen LogP contribution in [-0.2, 0) is 0 Å². The fourth-order valence-corrected chi connectivity index (χ4v) is 9.05. The van der Waals surface area contributed by atoms with Gasteiger partial charge in [0.1, 0.15) is 0 Å². The predicted octanol–water partition coefficient (Wildman–Crippen LogP) is 14.7. The Balaban J connectivity index is 1.11. The number of halogens is 1. The molecular weight excluding hydrogens is 658 g/mol. The molecule has 0 fully saturated rings. The van der Waals surface area contributed by atoms with Gasteiger partial charge in [-0.2, -0.15) is 0 Å². The summed E-state index contributed by atoms with van der Waals surface area (Å²) in [5, 5.41) is 8.18. The van der Waals surface area contributed by atoms with Crippen molar-refractivity contribution in [3.05, 3.63) is 187 Å². The molecule has 1 nitrogen and oxygen atoms in total. The Morgan fingerprint density at radius 2 is 1.02 bits per heavy atom. The lowest BCUT2D eigenvalue weighted by molar-refractivity contribution is 1.17. The van der Waals surface area contributed by atoms with Crippen LogP contribution in [0, 0.1) is 0 Å². The number of fused-ring (bicyclic) bond motifs is 6. The molecule has 0 aliphatic carbocycles. The molecule has 240 valence electrons. The second-order valence-corrected chi connectivity index (χ2v) is 14.5. The smallest absolute Gasteiger partial charge is 0.0788 e.